The second-order valence-corrected chi connectivity index (χ2v) is 5.00. The number of rotatable bonds is 9. The number of nitrogens with zero attached hydrogens (tertiary/aromatic N) is 2. The minimum absolute atomic E-state index is 0.0827. The summed E-state index contributed by atoms with van der Waals surface area (Å²) in [6.07, 6.45) is 2.98. The summed E-state index contributed by atoms with van der Waals surface area (Å²) in [7, 11) is 1.70. The number of amides is 1. The summed E-state index contributed by atoms with van der Waals surface area (Å²) >= 11 is 0. The number of carbonyl (C=O) groups is 1. The first-order chi connectivity index (χ1) is 11.2. The van der Waals surface area contributed by atoms with E-state index in [0.717, 1.165) is 31.7 Å². The summed E-state index contributed by atoms with van der Waals surface area (Å²) < 4.78 is 5.27. The Bertz CT molecular complexity index is 488. The molecule has 0 saturated heterocycles. The van der Waals surface area contributed by atoms with Crippen LogP contribution in [0.15, 0.2) is 23.3 Å². The third-order valence-corrected chi connectivity index (χ3v) is 3.01. The number of pyridine rings is 1. The lowest BCUT2D eigenvalue weighted by atomic mass is 10.3. The van der Waals surface area contributed by atoms with Crippen molar-refractivity contribution in [3.63, 3.8) is 0 Å². The smallest absolute Gasteiger partial charge is 0.227 e. The van der Waals surface area contributed by atoms with Crippen molar-refractivity contribution in [1.82, 2.24) is 15.6 Å². The second kappa shape index (κ2) is 11.4. The Morgan fingerprint density at radius 3 is 2.74 bits per heavy atom. The van der Waals surface area contributed by atoms with E-state index in [0.29, 0.717) is 24.7 Å². The molecule has 0 bridgehead atoms. The van der Waals surface area contributed by atoms with Crippen LogP contribution in [0.1, 0.15) is 25.3 Å². The van der Waals surface area contributed by atoms with Gasteiger partial charge in [0.25, 0.3) is 0 Å². The number of aliphatic imine (C=N–C) groups is 1. The van der Waals surface area contributed by atoms with Crippen molar-refractivity contribution in [2.45, 2.75) is 26.7 Å². The van der Waals surface area contributed by atoms with Crippen LogP contribution in [0.5, 0.6) is 0 Å². The molecule has 7 nitrogen and oxygen atoms in total. The van der Waals surface area contributed by atoms with Gasteiger partial charge < -0.3 is 20.7 Å². The number of nitrogens with one attached hydrogen (secondary N) is 3. The lowest BCUT2D eigenvalue weighted by Crippen LogP contribution is -2.39. The highest BCUT2D eigenvalue weighted by atomic mass is 16.5. The molecule has 0 aromatic carbocycles. The Balaban J connectivity index is 2.18. The van der Waals surface area contributed by atoms with Gasteiger partial charge in [0, 0.05) is 46.0 Å². The number of guanidine groups is 1. The highest BCUT2D eigenvalue weighted by Crippen LogP contribution is 2.03. The molecule has 1 rings (SSSR count). The van der Waals surface area contributed by atoms with Crippen LogP contribution in [0.3, 0.4) is 0 Å². The Morgan fingerprint density at radius 2 is 2.09 bits per heavy atom. The maximum absolute atomic E-state index is 11.8. The molecule has 0 atom stereocenters. The maximum atomic E-state index is 11.8. The van der Waals surface area contributed by atoms with Gasteiger partial charge in [-0.2, -0.15) is 0 Å². The first-order valence-corrected chi connectivity index (χ1v) is 7.90. The summed E-state index contributed by atoms with van der Waals surface area (Å²) in [6, 6.07) is 3.70. The number of aromatic nitrogens is 1. The molecule has 0 unspecified atom stereocenters. The topological polar surface area (TPSA) is 87.6 Å². The van der Waals surface area contributed by atoms with Gasteiger partial charge in [0.2, 0.25) is 5.91 Å². The van der Waals surface area contributed by atoms with E-state index in [9.17, 15) is 4.79 Å². The molecule has 0 fully saturated rings. The zero-order valence-corrected chi connectivity index (χ0v) is 14.2. The van der Waals surface area contributed by atoms with E-state index in [1.807, 2.05) is 19.9 Å². The molecule has 0 aliphatic heterocycles. The molecule has 7 heteroatoms. The molecular formula is C16H27N5O2. The monoisotopic (exact) mass is 321 g/mol. The predicted octanol–water partition coefficient (Wildman–Crippen LogP) is 1.31. The first-order valence-electron chi connectivity index (χ1n) is 7.90. The SMILES string of the molecule is CCOCCCNC(=NC)NCCC(=O)Nc1ccc(C)cn1. The highest BCUT2D eigenvalue weighted by molar-refractivity contribution is 5.90. The van der Waals surface area contributed by atoms with Crippen molar-refractivity contribution >= 4 is 17.7 Å². The molecule has 1 aromatic heterocycles. The molecule has 0 spiro atoms. The summed E-state index contributed by atoms with van der Waals surface area (Å²) in [5, 5.41) is 9.04. The molecule has 0 radical (unpaired) electrons. The van der Waals surface area contributed by atoms with E-state index < -0.39 is 0 Å². The highest BCUT2D eigenvalue weighted by Gasteiger charge is 2.04. The average Bonchev–Trinajstić information content (AvgIpc) is 2.55. The molecule has 23 heavy (non-hydrogen) atoms. The number of anilines is 1. The number of aryl methyl sites for hydroxylation is 1. The van der Waals surface area contributed by atoms with Crippen LogP contribution in [-0.2, 0) is 9.53 Å². The zero-order valence-electron chi connectivity index (χ0n) is 14.2. The molecule has 1 amide bonds. The third kappa shape index (κ3) is 8.77. The van der Waals surface area contributed by atoms with Crippen LogP contribution < -0.4 is 16.0 Å². The summed E-state index contributed by atoms with van der Waals surface area (Å²) in [6.45, 7) is 6.67. The van der Waals surface area contributed by atoms with Crippen LogP contribution >= 0.6 is 0 Å². The van der Waals surface area contributed by atoms with Crippen molar-refractivity contribution in [1.29, 1.82) is 0 Å². The number of hydrogen-bond donors (Lipinski definition) is 3. The third-order valence-electron chi connectivity index (χ3n) is 3.01. The van der Waals surface area contributed by atoms with Gasteiger partial charge in [-0.05, 0) is 31.9 Å². The van der Waals surface area contributed by atoms with Crippen LogP contribution in [0.25, 0.3) is 0 Å². The van der Waals surface area contributed by atoms with Gasteiger partial charge in [0.1, 0.15) is 5.82 Å². The van der Waals surface area contributed by atoms with E-state index in [-0.39, 0.29) is 5.91 Å². The Hall–Kier alpha value is -2.15. The maximum Gasteiger partial charge on any atom is 0.227 e. The average molecular weight is 321 g/mol. The lowest BCUT2D eigenvalue weighted by molar-refractivity contribution is -0.116. The summed E-state index contributed by atoms with van der Waals surface area (Å²) in [5.41, 5.74) is 1.06. The fraction of sp³-hybridized carbons (Fsp3) is 0.562. The fourth-order valence-corrected chi connectivity index (χ4v) is 1.79. The van der Waals surface area contributed by atoms with Crippen LogP contribution in [0, 0.1) is 6.92 Å². The minimum atomic E-state index is -0.0827. The summed E-state index contributed by atoms with van der Waals surface area (Å²) in [4.78, 5) is 20.1. The first kappa shape index (κ1) is 18.9. The van der Waals surface area contributed by atoms with E-state index in [1.54, 1.807) is 19.3 Å². The van der Waals surface area contributed by atoms with Gasteiger partial charge in [-0.3, -0.25) is 9.79 Å². The molecular weight excluding hydrogens is 294 g/mol. The van der Waals surface area contributed by atoms with Gasteiger partial charge in [-0.25, -0.2) is 4.98 Å². The van der Waals surface area contributed by atoms with Crippen molar-refractivity contribution in [3.05, 3.63) is 23.9 Å². The molecule has 0 aliphatic rings. The molecule has 3 N–H and O–H groups in total. The van der Waals surface area contributed by atoms with Gasteiger partial charge >= 0.3 is 0 Å². The molecule has 0 saturated carbocycles. The van der Waals surface area contributed by atoms with Gasteiger partial charge in [-0.1, -0.05) is 6.07 Å². The fourth-order valence-electron chi connectivity index (χ4n) is 1.79. The Morgan fingerprint density at radius 1 is 1.30 bits per heavy atom. The van der Waals surface area contributed by atoms with E-state index in [1.165, 1.54) is 0 Å². The molecule has 1 heterocycles. The number of carbonyl (C=O) groups excluding carboxylic acids is 1. The van der Waals surface area contributed by atoms with Gasteiger partial charge in [0.15, 0.2) is 5.96 Å². The Kier molecular flexibility index (Phi) is 9.38. The minimum Gasteiger partial charge on any atom is -0.382 e. The van der Waals surface area contributed by atoms with Gasteiger partial charge in [0.05, 0.1) is 0 Å². The van der Waals surface area contributed by atoms with Crippen LogP contribution in [-0.4, -0.2) is 50.2 Å². The van der Waals surface area contributed by atoms with Gasteiger partial charge in [-0.15, -0.1) is 0 Å². The van der Waals surface area contributed by atoms with E-state index in [2.05, 4.69) is 25.9 Å². The largest absolute Gasteiger partial charge is 0.382 e. The molecule has 1 aromatic rings. The predicted molar refractivity (Wildman–Crippen MR) is 92.7 cm³/mol. The van der Waals surface area contributed by atoms with E-state index >= 15 is 0 Å². The number of ether oxygens (including phenoxy) is 1. The quantitative estimate of drug-likeness (QED) is 0.363. The molecule has 0 aliphatic carbocycles. The number of hydrogen-bond acceptors (Lipinski definition) is 4. The zero-order chi connectivity index (χ0) is 16.9. The van der Waals surface area contributed by atoms with Crippen LogP contribution in [0.2, 0.25) is 0 Å². The summed E-state index contributed by atoms with van der Waals surface area (Å²) in [5.74, 6) is 1.17. The Labute approximate surface area is 137 Å². The van der Waals surface area contributed by atoms with Crippen molar-refractivity contribution in [2.24, 2.45) is 4.99 Å². The second-order valence-electron chi connectivity index (χ2n) is 5.00. The standard InChI is InChI=1S/C16H27N5O2/c1-4-23-11-5-9-18-16(17-3)19-10-8-15(22)21-14-7-6-13(2)12-20-14/h6-7,12H,4-5,8-11H2,1-3H3,(H2,17,18,19)(H,20,21,22). The van der Waals surface area contributed by atoms with Crippen LogP contribution in [0.4, 0.5) is 5.82 Å². The lowest BCUT2D eigenvalue weighted by Gasteiger charge is -2.11. The normalized spacial score (nSPS) is 11.2. The van der Waals surface area contributed by atoms with Crippen molar-refractivity contribution < 1.29 is 9.53 Å². The molecule has 128 valence electrons. The van der Waals surface area contributed by atoms with Crippen molar-refractivity contribution in [2.75, 3.05) is 38.7 Å². The van der Waals surface area contributed by atoms with E-state index in [4.69, 9.17) is 4.74 Å². The van der Waals surface area contributed by atoms with Crippen molar-refractivity contribution in [3.8, 4) is 0 Å².